The molecule has 14 nitrogen and oxygen atoms in total. The Bertz CT molecular complexity index is 6980. The molecule has 0 radical (unpaired) electrons. The van der Waals surface area contributed by atoms with E-state index in [-0.39, 0.29) is 10.7 Å². The minimum absolute atomic E-state index is 0.184. The Kier molecular flexibility index (Phi) is 45.0. The smallest absolute Gasteiger partial charge is 0.416 e. The maximum atomic E-state index is 12.6. The molecule has 4 fully saturated rings. The first-order chi connectivity index (χ1) is 69.4. The predicted octanol–water partition coefficient (Wildman–Crippen LogP) is 34.9. The number of sulfonamides is 1. The molecule has 0 atom stereocenters. The van der Waals surface area contributed by atoms with Gasteiger partial charge in [0.05, 0.1) is 67.9 Å². The van der Waals surface area contributed by atoms with Crippen LogP contribution in [0.4, 0.5) is 17.6 Å². The number of hydrogen-bond acceptors (Lipinski definition) is 11. The van der Waals surface area contributed by atoms with E-state index < -0.39 is 21.8 Å². The zero-order valence-corrected chi connectivity index (χ0v) is 91.8. The van der Waals surface area contributed by atoms with E-state index in [1.807, 2.05) is 199 Å². The highest BCUT2D eigenvalue weighted by atomic mass is 79.9. The Morgan fingerprint density at radius 1 is 0.600 bits per heavy atom. The van der Waals surface area contributed by atoms with E-state index in [0.717, 1.165) is 138 Å². The Morgan fingerprint density at radius 2 is 1.26 bits per heavy atom. The third-order valence-corrected chi connectivity index (χ3v) is 29.8. The molecule has 760 valence electrons. The topological polar surface area (TPSA) is 170 Å². The molecular weight excluding hydrogens is 2010 g/mol. The normalized spacial score (nSPS) is 14.5. The summed E-state index contributed by atoms with van der Waals surface area (Å²) in [6.45, 7) is 28.5. The Morgan fingerprint density at radius 3 is 1.82 bits per heavy atom. The number of benzene rings is 10. The number of halogens is 9. The molecule has 7 aromatic heterocycles. The number of ether oxygens (including phenoxy) is 2. The lowest BCUT2D eigenvalue weighted by Crippen LogP contribution is -2.45. The van der Waals surface area contributed by atoms with Crippen LogP contribution in [0.5, 0.6) is 11.5 Å². The highest BCUT2D eigenvalue weighted by Crippen LogP contribution is 2.61. The molecule has 0 spiro atoms. The van der Waals surface area contributed by atoms with Crippen LogP contribution in [0.25, 0.3) is 61.4 Å². The lowest BCUT2D eigenvalue weighted by atomic mass is 9.49. The second-order valence-corrected chi connectivity index (χ2v) is 42.7. The number of fused-ring (bicyclic) bond motifs is 3. The van der Waals surface area contributed by atoms with Gasteiger partial charge in [-0.3, -0.25) is 9.97 Å². The highest BCUT2D eigenvalue weighted by molar-refractivity contribution is 9.11. The number of allylic oxidation sites excluding steroid dienone is 2. The third kappa shape index (κ3) is 35.8. The lowest BCUT2D eigenvalue weighted by Gasteiger charge is -2.57. The number of methoxy groups -OCH3 is 2. The maximum absolute atomic E-state index is 12.6. The van der Waals surface area contributed by atoms with Crippen molar-refractivity contribution in [3.8, 4) is 28.4 Å². The van der Waals surface area contributed by atoms with Crippen molar-refractivity contribution in [3.05, 3.63) is 423 Å². The summed E-state index contributed by atoms with van der Waals surface area (Å²) in [6.07, 6.45) is 27.6. The highest BCUT2D eigenvalue weighted by Gasteiger charge is 2.50. The minimum atomic E-state index is -4.32. The monoisotopic (exact) mass is 2130 g/mol. The molecule has 145 heavy (non-hydrogen) atoms. The maximum Gasteiger partial charge on any atom is 0.416 e. The first-order valence-electron chi connectivity index (χ1n) is 48.6. The molecule has 0 unspecified atom stereocenters. The van der Waals surface area contributed by atoms with Crippen molar-refractivity contribution >= 4 is 128 Å². The third-order valence-electron chi connectivity index (χ3n) is 24.9. The van der Waals surface area contributed by atoms with E-state index in [1.54, 1.807) is 145 Å². The summed E-state index contributed by atoms with van der Waals surface area (Å²) in [5, 5.41) is 4.69. The van der Waals surface area contributed by atoms with Gasteiger partial charge in [-0.05, 0) is 374 Å². The molecule has 0 saturated heterocycles. The molecule has 7 heterocycles. The van der Waals surface area contributed by atoms with Crippen LogP contribution in [0.3, 0.4) is 0 Å². The standard InChI is InChI=1S/C18H17N3.C17H18O2.C13H22.C12H11F3N2.C12H14N2O2S.C9H10Cl2.C9H9Cl.C9H8FN.C8H9Cl.C8H8N2.C5H5BrS/c1-13-5-6-14(2)16(10-13)11-18-20-9-7-17(21-18)15-4-3-8-19-12-15;1-4-17(13-5-9-15(18-2)10-6-13)14-7-11-16(19-3)12-8-14;1-2-3-13-7-10-4-11(8-13)6-12(5-10)9-13;1-8-3-10(12(13,14)15)5-11(4-8)17-6-9(2)16-7-17;1-3-14(2)17(15,16)11-8-4-6-10-7-5-9-13-12(10)11;1-2-3-7-4-5-8(10)9(11)6-7;1-2-3-8-4-6-9(10)7-5-8;1-6-4-7-5-8(10)2-3-9(7)11-6;1-6-4-3-5-8(9)7(6)2;1-6-9-7-4-2-3-5-8(7)10-6;1-4-2-3-5(6)7-4/h3-10,12H,11H2,1-2H3;4-12H,1-3H3;10-12H,2-9H2,1H3;3-7H,1-2H3;4-9H,3H2,1-2H3;4-6H,2-3H2,1H3;2-7H,1H3;2-5,11H,1H3;3-5H,1-2H3;2-5H,1H3,(H,9,10);2-3H,1H3/b;;;;;;3-2+;;;;. The van der Waals surface area contributed by atoms with Gasteiger partial charge in [0, 0.05) is 99.2 Å². The average molecular weight is 2140 g/mol. The van der Waals surface area contributed by atoms with Gasteiger partial charge in [-0.2, -0.15) is 13.2 Å². The fourth-order valence-electron chi connectivity index (χ4n) is 17.9. The van der Waals surface area contributed by atoms with Gasteiger partial charge in [0.15, 0.2) is 0 Å². The fraction of sp³-hybridized carbons (Fsp3) is 0.283. The summed E-state index contributed by atoms with van der Waals surface area (Å²) in [5.74, 6) is 6.82. The SMILES string of the molecule is C/C=C/c1ccc(Cl)cc1.CC=C(c1ccc(OC)cc1)c1ccc(OC)cc1.CCCC12CC3CC(CC(C3)C1)C2.CCCc1ccc(Cl)c(Cl)c1.CCN(C)S(=O)(=O)c1cccc2cccnc12.Cc1cc(-n2cnc(C)c2)cc(C(F)(F)F)c1.Cc1cc2cc(F)ccc2[nH]1.Cc1ccc(Br)s1.Cc1ccc(C)c(Cc2nccc(-c3cccnc3)n2)c1.Cc1cccc(Cl)c1C.Cc1nc2ccccc2[nH]1. The molecule has 4 aliphatic carbocycles. The van der Waals surface area contributed by atoms with Gasteiger partial charge < -0.3 is 24.0 Å². The van der Waals surface area contributed by atoms with E-state index in [2.05, 4.69) is 164 Å². The molecule has 10 aromatic carbocycles. The second-order valence-electron chi connectivity index (χ2n) is 36.4. The molecule has 4 bridgehead atoms. The van der Waals surface area contributed by atoms with Crippen LogP contribution in [0.2, 0.25) is 20.1 Å². The van der Waals surface area contributed by atoms with Crippen LogP contribution < -0.4 is 9.47 Å². The molecule has 4 saturated carbocycles. The number of imidazole rings is 2. The number of nitrogens with zero attached hydrogens (tertiary/aromatic N) is 8. The summed E-state index contributed by atoms with van der Waals surface area (Å²) in [5.41, 5.74) is 20.9. The molecular formula is C120H131BrCl4F4N10O4S2. The lowest BCUT2D eigenvalue weighted by molar-refractivity contribution is -0.137. The van der Waals surface area contributed by atoms with Crippen molar-refractivity contribution in [1.82, 2.24) is 48.7 Å². The average Bonchev–Trinajstić information content (AvgIpc) is 1.63. The number of aromatic nitrogens is 9. The van der Waals surface area contributed by atoms with Crippen LogP contribution in [0.1, 0.15) is 182 Å². The first kappa shape index (κ1) is 115. The van der Waals surface area contributed by atoms with E-state index in [4.69, 9.17) is 55.9 Å². The second kappa shape index (κ2) is 56.7. The number of aryl methyl sites for hydroxylation is 9. The number of rotatable bonds is 16. The fourth-order valence-corrected chi connectivity index (χ4v) is 21.4. The van der Waals surface area contributed by atoms with Crippen LogP contribution in [0.15, 0.2) is 313 Å². The largest absolute Gasteiger partial charge is 0.497 e. The Labute approximate surface area is 886 Å². The van der Waals surface area contributed by atoms with Crippen LogP contribution in [-0.4, -0.2) is 85.0 Å². The van der Waals surface area contributed by atoms with E-state index in [1.165, 1.54) is 99.9 Å². The number of hydrogen-bond donors (Lipinski definition) is 2. The number of alkyl halides is 3. The number of aromatic amines is 2. The van der Waals surface area contributed by atoms with Gasteiger partial charge in [-0.15, -0.1) is 11.3 Å². The van der Waals surface area contributed by atoms with E-state index >= 15 is 0 Å². The Balaban J connectivity index is 0.000000166. The quantitative estimate of drug-likeness (QED) is 0.0888. The van der Waals surface area contributed by atoms with Crippen molar-refractivity contribution in [2.45, 2.75) is 179 Å². The molecule has 0 amide bonds. The van der Waals surface area contributed by atoms with Gasteiger partial charge in [-0.25, -0.2) is 37.0 Å². The minimum Gasteiger partial charge on any atom is -0.497 e. The van der Waals surface area contributed by atoms with Crippen molar-refractivity contribution in [2.24, 2.45) is 23.2 Å². The van der Waals surface area contributed by atoms with Crippen molar-refractivity contribution in [3.63, 3.8) is 0 Å². The van der Waals surface area contributed by atoms with Crippen LogP contribution in [-0.2, 0) is 29.0 Å². The number of para-hydroxylation sites is 3. The van der Waals surface area contributed by atoms with E-state index in [9.17, 15) is 26.0 Å². The molecule has 21 rings (SSSR count). The van der Waals surface area contributed by atoms with Gasteiger partial charge in [0.1, 0.15) is 33.9 Å². The summed E-state index contributed by atoms with van der Waals surface area (Å²) in [7, 11) is 1.47. The summed E-state index contributed by atoms with van der Waals surface area (Å²) < 4.78 is 89.6. The summed E-state index contributed by atoms with van der Waals surface area (Å²) in [6, 6.07) is 79.5. The molecule has 2 N–H and O–H groups in total. The van der Waals surface area contributed by atoms with Gasteiger partial charge in [-0.1, -0.05) is 207 Å². The van der Waals surface area contributed by atoms with Crippen LogP contribution >= 0.6 is 73.7 Å². The zero-order valence-electron chi connectivity index (χ0n) is 85.6. The van der Waals surface area contributed by atoms with Gasteiger partial charge in [0.25, 0.3) is 0 Å². The van der Waals surface area contributed by atoms with Crippen molar-refractivity contribution < 1.29 is 35.5 Å². The summed E-state index contributed by atoms with van der Waals surface area (Å²) >= 11 is 28.2. The summed E-state index contributed by atoms with van der Waals surface area (Å²) in [4.78, 5) is 33.5. The zero-order chi connectivity index (χ0) is 105. The number of thiophene rings is 1. The van der Waals surface area contributed by atoms with Crippen LogP contribution in [0, 0.1) is 91.3 Å². The van der Waals surface area contributed by atoms with E-state index in [0.29, 0.717) is 33.4 Å². The predicted molar refractivity (Wildman–Crippen MR) is 602 cm³/mol. The van der Waals surface area contributed by atoms with Crippen molar-refractivity contribution in [2.75, 3.05) is 27.8 Å². The molecule has 0 aliphatic heterocycles. The van der Waals surface area contributed by atoms with Gasteiger partial charge >= 0.3 is 6.18 Å². The first-order valence-corrected chi connectivity index (χ1v) is 53.1. The van der Waals surface area contributed by atoms with Gasteiger partial charge in [0.2, 0.25) is 10.0 Å². The number of pyridine rings is 2. The van der Waals surface area contributed by atoms with Crippen molar-refractivity contribution in [1.29, 1.82) is 0 Å². The number of H-pyrrole nitrogens is 2. The molecule has 25 heteroatoms. The number of nitrogens with one attached hydrogen (secondary N) is 2. The Hall–Kier alpha value is -11.9. The molecule has 4 aliphatic rings. The molecule has 17 aromatic rings.